The maximum Gasteiger partial charge on any atom is 0.196 e. The molecule has 1 atom stereocenters. The van der Waals surface area contributed by atoms with Gasteiger partial charge in [0.15, 0.2) is 5.78 Å². The predicted molar refractivity (Wildman–Crippen MR) is 60.0 cm³/mol. The zero-order valence-corrected chi connectivity index (χ0v) is 9.17. The number of carbonyl (C=O) groups excluding carboxylic acids is 1. The number of nitrogens with zero attached hydrogens (tertiary/aromatic N) is 3. The van der Waals surface area contributed by atoms with E-state index in [-0.39, 0.29) is 5.78 Å². The summed E-state index contributed by atoms with van der Waals surface area (Å²) in [6.45, 7) is 1.97. The minimum absolute atomic E-state index is 0.0217. The molecule has 1 aromatic rings. The third-order valence-corrected chi connectivity index (χ3v) is 2.97. The predicted octanol–water partition coefficient (Wildman–Crippen LogP) is 0.0824. The molecule has 5 nitrogen and oxygen atoms in total. The van der Waals surface area contributed by atoms with Gasteiger partial charge in [0.05, 0.1) is 12.7 Å². The van der Waals surface area contributed by atoms with Crippen LogP contribution in [0.25, 0.3) is 0 Å². The largest absolute Gasteiger partial charge is 0.329 e. The second-order valence-electron chi connectivity index (χ2n) is 4.02. The Balaban J connectivity index is 1.97. The van der Waals surface area contributed by atoms with E-state index in [9.17, 15) is 4.79 Å². The van der Waals surface area contributed by atoms with Gasteiger partial charge in [-0.25, -0.2) is 4.98 Å². The summed E-state index contributed by atoms with van der Waals surface area (Å²) in [4.78, 5) is 21.9. The van der Waals surface area contributed by atoms with Crippen molar-refractivity contribution in [2.75, 3.05) is 19.6 Å². The molecule has 0 spiro atoms. The molecule has 1 saturated heterocycles. The van der Waals surface area contributed by atoms with Gasteiger partial charge >= 0.3 is 0 Å². The quantitative estimate of drug-likeness (QED) is 0.728. The van der Waals surface area contributed by atoms with Crippen molar-refractivity contribution < 1.29 is 4.79 Å². The lowest BCUT2D eigenvalue weighted by molar-refractivity contribution is 0.0918. The maximum absolute atomic E-state index is 11.9. The van der Waals surface area contributed by atoms with Crippen molar-refractivity contribution in [2.24, 2.45) is 5.73 Å². The van der Waals surface area contributed by atoms with E-state index in [0.29, 0.717) is 24.8 Å². The number of aromatic nitrogens is 2. The molecular weight excluding hydrogens is 204 g/mol. The smallest absolute Gasteiger partial charge is 0.196 e. The van der Waals surface area contributed by atoms with Crippen LogP contribution in [0.15, 0.2) is 18.6 Å². The Morgan fingerprint density at radius 2 is 2.44 bits per heavy atom. The Morgan fingerprint density at radius 1 is 1.56 bits per heavy atom. The molecule has 2 N–H and O–H groups in total. The third-order valence-electron chi connectivity index (χ3n) is 2.97. The molecule has 0 radical (unpaired) electrons. The highest BCUT2D eigenvalue weighted by Gasteiger charge is 2.25. The van der Waals surface area contributed by atoms with Crippen LogP contribution >= 0.6 is 0 Å². The molecule has 0 amide bonds. The number of carbonyl (C=O) groups is 1. The summed E-state index contributed by atoms with van der Waals surface area (Å²) in [5, 5.41) is 0. The molecule has 1 aliphatic heterocycles. The Bertz CT molecular complexity index is 354. The average molecular weight is 220 g/mol. The summed E-state index contributed by atoms with van der Waals surface area (Å²) in [7, 11) is 0. The molecule has 1 aromatic heterocycles. The van der Waals surface area contributed by atoms with Gasteiger partial charge in [-0.1, -0.05) is 0 Å². The first-order chi connectivity index (χ1) is 7.81. The summed E-state index contributed by atoms with van der Waals surface area (Å²) >= 11 is 0. The topological polar surface area (TPSA) is 72.1 Å². The second-order valence-corrected chi connectivity index (χ2v) is 4.02. The fourth-order valence-electron chi connectivity index (χ4n) is 2.08. The molecule has 0 aliphatic carbocycles. The lowest BCUT2D eigenvalue weighted by Gasteiger charge is -2.21. The van der Waals surface area contributed by atoms with Crippen LogP contribution in [0.1, 0.15) is 23.3 Å². The summed E-state index contributed by atoms with van der Waals surface area (Å²) < 4.78 is 0. The highest BCUT2D eigenvalue weighted by Crippen LogP contribution is 2.16. The Labute approximate surface area is 94.7 Å². The molecular formula is C11H16N4O. The maximum atomic E-state index is 11.9. The number of hydrogen-bond donors (Lipinski definition) is 1. The number of likely N-dealkylation sites (tertiary alicyclic amines) is 1. The van der Waals surface area contributed by atoms with Crippen LogP contribution in [-0.4, -0.2) is 46.3 Å². The normalized spacial score (nSPS) is 21.2. The first-order valence-electron chi connectivity index (χ1n) is 5.54. The second kappa shape index (κ2) is 5.14. The van der Waals surface area contributed by atoms with Crippen molar-refractivity contribution in [3.05, 3.63) is 24.3 Å². The minimum Gasteiger partial charge on any atom is -0.329 e. The SMILES string of the molecule is NC[C@@H]1CCCN1CC(=O)c1cnccn1. The summed E-state index contributed by atoms with van der Waals surface area (Å²) in [6.07, 6.45) is 6.82. The van der Waals surface area contributed by atoms with Crippen LogP contribution in [0, 0.1) is 0 Å². The van der Waals surface area contributed by atoms with Gasteiger partial charge in [-0.05, 0) is 19.4 Å². The van der Waals surface area contributed by atoms with Gasteiger partial charge < -0.3 is 5.73 Å². The summed E-state index contributed by atoms with van der Waals surface area (Å²) in [5.74, 6) is 0.0217. The van der Waals surface area contributed by atoms with Crippen molar-refractivity contribution >= 4 is 5.78 Å². The standard InChI is InChI=1S/C11H16N4O/c12-6-9-2-1-5-15(9)8-11(16)10-7-13-3-4-14-10/h3-4,7,9H,1-2,5-6,8,12H2/t9-/m0/s1. The number of hydrogen-bond acceptors (Lipinski definition) is 5. The van der Waals surface area contributed by atoms with Gasteiger partial charge in [0.1, 0.15) is 5.69 Å². The zero-order chi connectivity index (χ0) is 11.4. The van der Waals surface area contributed by atoms with E-state index in [1.807, 2.05) is 0 Å². The number of rotatable bonds is 4. The van der Waals surface area contributed by atoms with E-state index in [1.165, 1.54) is 12.4 Å². The van der Waals surface area contributed by atoms with Crippen LogP contribution in [0.4, 0.5) is 0 Å². The molecule has 5 heteroatoms. The highest BCUT2D eigenvalue weighted by atomic mass is 16.1. The van der Waals surface area contributed by atoms with Crippen LogP contribution in [0.3, 0.4) is 0 Å². The Morgan fingerprint density at radius 3 is 3.12 bits per heavy atom. The number of Topliss-reactive ketones (excluding diaryl/α,β-unsaturated/α-hetero) is 1. The first kappa shape index (κ1) is 11.2. The van der Waals surface area contributed by atoms with E-state index in [2.05, 4.69) is 14.9 Å². The van der Waals surface area contributed by atoms with Crippen molar-refractivity contribution in [2.45, 2.75) is 18.9 Å². The number of nitrogens with two attached hydrogens (primary N) is 1. The molecule has 1 fully saturated rings. The van der Waals surface area contributed by atoms with Gasteiger partial charge in [-0.15, -0.1) is 0 Å². The summed E-state index contributed by atoms with van der Waals surface area (Å²) in [5.41, 5.74) is 6.09. The Kier molecular flexibility index (Phi) is 3.58. The van der Waals surface area contributed by atoms with Crippen molar-refractivity contribution in [1.82, 2.24) is 14.9 Å². The molecule has 2 heterocycles. The molecule has 0 unspecified atom stereocenters. The van der Waals surface area contributed by atoms with Gasteiger partial charge in [0.2, 0.25) is 0 Å². The average Bonchev–Trinajstić information content (AvgIpc) is 2.77. The molecule has 0 saturated carbocycles. The van der Waals surface area contributed by atoms with E-state index < -0.39 is 0 Å². The third kappa shape index (κ3) is 2.43. The van der Waals surface area contributed by atoms with Gasteiger partial charge in [0, 0.05) is 25.0 Å². The van der Waals surface area contributed by atoms with Crippen LogP contribution < -0.4 is 5.73 Å². The molecule has 2 rings (SSSR count). The monoisotopic (exact) mass is 220 g/mol. The van der Waals surface area contributed by atoms with Gasteiger partial charge in [-0.3, -0.25) is 14.7 Å². The number of ketones is 1. The van der Waals surface area contributed by atoms with E-state index in [4.69, 9.17) is 5.73 Å². The summed E-state index contributed by atoms with van der Waals surface area (Å²) in [6, 6.07) is 0.348. The lowest BCUT2D eigenvalue weighted by atomic mass is 10.2. The molecule has 86 valence electrons. The fourth-order valence-corrected chi connectivity index (χ4v) is 2.08. The van der Waals surface area contributed by atoms with Crippen molar-refractivity contribution in [1.29, 1.82) is 0 Å². The van der Waals surface area contributed by atoms with Crippen LogP contribution in [-0.2, 0) is 0 Å². The van der Waals surface area contributed by atoms with E-state index in [0.717, 1.165) is 19.4 Å². The lowest BCUT2D eigenvalue weighted by Crippen LogP contribution is -2.38. The van der Waals surface area contributed by atoms with E-state index in [1.54, 1.807) is 6.20 Å². The molecule has 1 aliphatic rings. The Hall–Kier alpha value is -1.33. The van der Waals surface area contributed by atoms with E-state index >= 15 is 0 Å². The first-order valence-corrected chi connectivity index (χ1v) is 5.54. The fraction of sp³-hybridized carbons (Fsp3) is 0.545. The molecule has 0 aromatic carbocycles. The van der Waals surface area contributed by atoms with Crippen molar-refractivity contribution in [3.63, 3.8) is 0 Å². The zero-order valence-electron chi connectivity index (χ0n) is 9.17. The van der Waals surface area contributed by atoms with Crippen LogP contribution in [0.2, 0.25) is 0 Å². The van der Waals surface area contributed by atoms with Gasteiger partial charge in [-0.2, -0.15) is 0 Å². The highest BCUT2D eigenvalue weighted by molar-refractivity contribution is 5.95. The molecule has 16 heavy (non-hydrogen) atoms. The molecule has 0 bridgehead atoms. The van der Waals surface area contributed by atoms with Gasteiger partial charge in [0.25, 0.3) is 0 Å². The minimum atomic E-state index is 0.0217. The van der Waals surface area contributed by atoms with Crippen LogP contribution in [0.5, 0.6) is 0 Å². The van der Waals surface area contributed by atoms with Crippen molar-refractivity contribution in [3.8, 4) is 0 Å².